The minimum Gasteiger partial charge on any atom is -0.497 e. The number of nitrogens with zero attached hydrogens (tertiary/aromatic N) is 2. The monoisotopic (exact) mass is 397 g/mol. The van der Waals surface area contributed by atoms with Crippen LogP contribution >= 0.6 is 0 Å². The molecule has 1 aromatic heterocycles. The topological polar surface area (TPSA) is 65.4 Å². The highest BCUT2D eigenvalue weighted by molar-refractivity contribution is 6.05. The first kappa shape index (κ1) is 20.5. The van der Waals surface area contributed by atoms with Crippen LogP contribution in [0.4, 0.5) is 10.1 Å². The Labute approximate surface area is 169 Å². The average Bonchev–Trinajstić information content (AvgIpc) is 2.99. The molecule has 0 aliphatic heterocycles. The third-order valence-electron chi connectivity index (χ3n) is 4.76. The Morgan fingerprint density at radius 2 is 1.79 bits per heavy atom. The van der Waals surface area contributed by atoms with Gasteiger partial charge in [-0.05, 0) is 49.2 Å². The average molecular weight is 397 g/mol. The molecule has 152 valence electrons. The standard InChI is InChI=1S/C22H24FN3O3/c1-14-21(15(2)26(25-14)11-12-28-3)24-22(27)19-10-7-17(13-20(19)23)16-5-8-18(29-4)9-6-16/h5-10,13H,11-12H2,1-4H3,(H,24,27). The van der Waals surface area contributed by atoms with Crippen LogP contribution in [0.1, 0.15) is 21.7 Å². The molecule has 3 rings (SSSR count). The number of nitrogens with one attached hydrogen (secondary N) is 1. The van der Waals surface area contributed by atoms with Gasteiger partial charge < -0.3 is 14.8 Å². The Morgan fingerprint density at radius 3 is 2.41 bits per heavy atom. The first-order valence-corrected chi connectivity index (χ1v) is 9.23. The van der Waals surface area contributed by atoms with Gasteiger partial charge in [-0.15, -0.1) is 0 Å². The highest BCUT2D eigenvalue weighted by Gasteiger charge is 2.18. The minimum absolute atomic E-state index is 0.0225. The molecule has 2 aromatic carbocycles. The van der Waals surface area contributed by atoms with Gasteiger partial charge in [0.05, 0.1) is 42.9 Å². The van der Waals surface area contributed by atoms with Crippen LogP contribution in [-0.4, -0.2) is 36.5 Å². The van der Waals surface area contributed by atoms with Crippen molar-refractivity contribution in [1.82, 2.24) is 9.78 Å². The van der Waals surface area contributed by atoms with E-state index in [0.717, 1.165) is 17.0 Å². The van der Waals surface area contributed by atoms with E-state index >= 15 is 0 Å². The van der Waals surface area contributed by atoms with Crippen LogP contribution in [0.2, 0.25) is 0 Å². The van der Waals surface area contributed by atoms with E-state index in [1.165, 1.54) is 12.1 Å². The Morgan fingerprint density at radius 1 is 1.10 bits per heavy atom. The number of aromatic nitrogens is 2. The molecule has 7 heteroatoms. The van der Waals surface area contributed by atoms with Gasteiger partial charge in [0.15, 0.2) is 0 Å². The van der Waals surface area contributed by atoms with Crippen molar-refractivity contribution in [3.05, 3.63) is 65.2 Å². The lowest BCUT2D eigenvalue weighted by atomic mass is 10.0. The highest BCUT2D eigenvalue weighted by Crippen LogP contribution is 2.26. The molecule has 0 saturated carbocycles. The number of anilines is 1. The quantitative estimate of drug-likeness (QED) is 0.649. The predicted octanol–water partition coefficient (Wildman–Crippen LogP) is 4.21. The number of rotatable bonds is 7. The van der Waals surface area contributed by atoms with Gasteiger partial charge in [0.25, 0.3) is 5.91 Å². The van der Waals surface area contributed by atoms with Gasteiger partial charge in [-0.2, -0.15) is 5.10 Å². The molecule has 0 aliphatic rings. The van der Waals surface area contributed by atoms with Crippen molar-refractivity contribution in [2.24, 2.45) is 0 Å². The molecule has 0 spiro atoms. The molecule has 3 aromatic rings. The Balaban J connectivity index is 1.80. The molecule has 0 bridgehead atoms. The number of hydrogen-bond donors (Lipinski definition) is 1. The molecule has 29 heavy (non-hydrogen) atoms. The SMILES string of the molecule is COCCn1nc(C)c(NC(=O)c2ccc(-c3ccc(OC)cc3)cc2F)c1C. The van der Waals surface area contributed by atoms with Gasteiger partial charge >= 0.3 is 0 Å². The van der Waals surface area contributed by atoms with Crippen LogP contribution in [0.5, 0.6) is 5.75 Å². The highest BCUT2D eigenvalue weighted by atomic mass is 19.1. The lowest BCUT2D eigenvalue weighted by Crippen LogP contribution is -2.15. The normalized spacial score (nSPS) is 10.8. The smallest absolute Gasteiger partial charge is 0.258 e. The summed E-state index contributed by atoms with van der Waals surface area (Å²) in [5.41, 5.74) is 3.55. The molecule has 0 aliphatic carbocycles. The Kier molecular flexibility index (Phi) is 6.29. The first-order chi connectivity index (χ1) is 13.9. The largest absolute Gasteiger partial charge is 0.497 e. The van der Waals surface area contributed by atoms with E-state index in [1.54, 1.807) is 44.0 Å². The van der Waals surface area contributed by atoms with Gasteiger partial charge in [-0.25, -0.2) is 4.39 Å². The van der Waals surface area contributed by atoms with Gasteiger partial charge in [-0.1, -0.05) is 18.2 Å². The van der Waals surface area contributed by atoms with E-state index in [-0.39, 0.29) is 5.56 Å². The summed E-state index contributed by atoms with van der Waals surface area (Å²) in [6, 6.07) is 11.9. The van der Waals surface area contributed by atoms with E-state index in [2.05, 4.69) is 10.4 Å². The number of benzene rings is 2. The van der Waals surface area contributed by atoms with E-state index < -0.39 is 11.7 Å². The molecular weight excluding hydrogens is 373 g/mol. The molecule has 0 unspecified atom stereocenters. The maximum absolute atomic E-state index is 14.7. The lowest BCUT2D eigenvalue weighted by molar-refractivity contribution is 0.102. The molecule has 0 atom stereocenters. The van der Waals surface area contributed by atoms with Crippen molar-refractivity contribution in [2.75, 3.05) is 26.1 Å². The molecule has 0 radical (unpaired) electrons. The van der Waals surface area contributed by atoms with Crippen molar-refractivity contribution in [1.29, 1.82) is 0 Å². The van der Waals surface area contributed by atoms with E-state index in [9.17, 15) is 9.18 Å². The minimum atomic E-state index is -0.585. The molecule has 0 fully saturated rings. The third kappa shape index (κ3) is 4.46. The fraction of sp³-hybridized carbons (Fsp3) is 0.273. The Bertz CT molecular complexity index is 1010. The number of carbonyl (C=O) groups is 1. The van der Waals surface area contributed by atoms with E-state index in [1.807, 2.05) is 19.1 Å². The predicted molar refractivity (Wildman–Crippen MR) is 110 cm³/mol. The fourth-order valence-electron chi connectivity index (χ4n) is 3.12. The summed E-state index contributed by atoms with van der Waals surface area (Å²) in [5, 5.41) is 7.19. The van der Waals surface area contributed by atoms with Gasteiger partial charge in [0, 0.05) is 7.11 Å². The zero-order valence-electron chi connectivity index (χ0n) is 17.0. The maximum atomic E-state index is 14.7. The summed E-state index contributed by atoms with van der Waals surface area (Å²) >= 11 is 0. The molecule has 1 amide bonds. The van der Waals surface area contributed by atoms with E-state index in [0.29, 0.717) is 30.1 Å². The van der Waals surface area contributed by atoms with Crippen molar-refractivity contribution in [3.63, 3.8) is 0 Å². The molecule has 1 heterocycles. The lowest BCUT2D eigenvalue weighted by Gasteiger charge is -2.09. The van der Waals surface area contributed by atoms with Crippen molar-refractivity contribution in [3.8, 4) is 16.9 Å². The Hall–Kier alpha value is -3.19. The zero-order valence-corrected chi connectivity index (χ0v) is 17.0. The molecule has 0 saturated heterocycles. The number of aryl methyl sites for hydroxylation is 1. The van der Waals surface area contributed by atoms with Crippen LogP contribution in [-0.2, 0) is 11.3 Å². The summed E-state index contributed by atoms with van der Waals surface area (Å²) < 4.78 is 26.7. The van der Waals surface area contributed by atoms with Gasteiger partial charge in [0.1, 0.15) is 11.6 Å². The second-order valence-corrected chi connectivity index (χ2v) is 6.64. The van der Waals surface area contributed by atoms with Crippen molar-refractivity contribution < 1.29 is 18.7 Å². The second kappa shape index (κ2) is 8.87. The van der Waals surface area contributed by atoms with E-state index in [4.69, 9.17) is 9.47 Å². The number of halogens is 1. The number of ether oxygens (including phenoxy) is 2. The number of carbonyl (C=O) groups excluding carboxylic acids is 1. The van der Waals surface area contributed by atoms with Crippen LogP contribution < -0.4 is 10.1 Å². The van der Waals surface area contributed by atoms with Crippen LogP contribution in [0.15, 0.2) is 42.5 Å². The molecule has 6 nitrogen and oxygen atoms in total. The summed E-state index contributed by atoms with van der Waals surface area (Å²) in [7, 11) is 3.21. The van der Waals surface area contributed by atoms with Crippen LogP contribution in [0.3, 0.4) is 0 Å². The van der Waals surface area contributed by atoms with Crippen molar-refractivity contribution in [2.45, 2.75) is 20.4 Å². The van der Waals surface area contributed by atoms with Crippen molar-refractivity contribution >= 4 is 11.6 Å². The fourth-order valence-corrected chi connectivity index (χ4v) is 3.12. The van der Waals surface area contributed by atoms with Gasteiger partial charge in [0.2, 0.25) is 0 Å². The zero-order chi connectivity index (χ0) is 21.0. The summed E-state index contributed by atoms with van der Waals surface area (Å²) in [4.78, 5) is 12.7. The maximum Gasteiger partial charge on any atom is 0.258 e. The number of amides is 1. The summed E-state index contributed by atoms with van der Waals surface area (Å²) in [5.74, 6) is -0.374. The first-order valence-electron chi connectivity index (χ1n) is 9.23. The summed E-state index contributed by atoms with van der Waals surface area (Å²) in [6.07, 6.45) is 0. The number of methoxy groups -OCH3 is 2. The third-order valence-corrected chi connectivity index (χ3v) is 4.76. The second-order valence-electron chi connectivity index (χ2n) is 6.64. The van der Waals surface area contributed by atoms with Gasteiger partial charge in [-0.3, -0.25) is 9.48 Å². The van der Waals surface area contributed by atoms with Crippen LogP contribution in [0, 0.1) is 19.7 Å². The number of hydrogen-bond acceptors (Lipinski definition) is 4. The summed E-state index contributed by atoms with van der Waals surface area (Å²) in [6.45, 7) is 4.74. The van der Waals surface area contributed by atoms with Crippen LogP contribution in [0.25, 0.3) is 11.1 Å². The molecule has 1 N–H and O–H groups in total. The molecular formula is C22H24FN3O3.